The van der Waals surface area contributed by atoms with Crippen LogP contribution >= 0.6 is 0 Å². The van der Waals surface area contributed by atoms with Crippen LogP contribution in [0.3, 0.4) is 0 Å². The minimum Gasteiger partial charge on any atom is -0.505 e. The zero-order valence-corrected chi connectivity index (χ0v) is 18.7. The molecule has 0 atom stereocenters. The summed E-state index contributed by atoms with van der Waals surface area (Å²) in [6.45, 7) is 0. The summed E-state index contributed by atoms with van der Waals surface area (Å²) >= 11 is 0. The van der Waals surface area contributed by atoms with Crippen LogP contribution in [0.25, 0.3) is 10.8 Å². The molecule has 1 amide bonds. The number of aromatic hydroxyl groups is 1. The minimum absolute atomic E-state index is 0.0136. The maximum Gasteiger partial charge on any atom is 0.294 e. The molecular weight excluding hydrogens is 458 g/mol. The Morgan fingerprint density at radius 3 is 2.32 bits per heavy atom. The molecule has 0 fully saturated rings. The van der Waals surface area contributed by atoms with Crippen LogP contribution in [0.5, 0.6) is 11.5 Å². The predicted octanol–water partition coefficient (Wildman–Crippen LogP) is 5.47. The number of carbonyl (C=O) groups excluding carboxylic acids is 1. The van der Waals surface area contributed by atoms with Crippen LogP contribution < -0.4 is 10.1 Å². The van der Waals surface area contributed by atoms with Gasteiger partial charge in [0, 0.05) is 5.39 Å². The average Bonchev–Trinajstić information content (AvgIpc) is 2.83. The molecule has 0 aromatic heterocycles. The number of anilines is 1. The fraction of sp³-hybridized carbons (Fsp3) is 0.0417. The van der Waals surface area contributed by atoms with Gasteiger partial charge in [0.25, 0.3) is 16.0 Å². The summed E-state index contributed by atoms with van der Waals surface area (Å²) in [6, 6.07) is 20.5. The van der Waals surface area contributed by atoms with E-state index in [-0.39, 0.29) is 27.6 Å². The summed E-state index contributed by atoms with van der Waals surface area (Å²) in [6.07, 6.45) is 0. The number of nitrogens with zero attached hydrogens (tertiary/aromatic N) is 2. The summed E-state index contributed by atoms with van der Waals surface area (Å²) < 4.78 is 36.8. The highest BCUT2D eigenvalue weighted by molar-refractivity contribution is 7.85. The molecule has 172 valence electrons. The molecule has 0 heterocycles. The van der Waals surface area contributed by atoms with Crippen LogP contribution in [0.15, 0.2) is 94.0 Å². The maximum atomic E-state index is 13.0. The van der Waals surface area contributed by atoms with E-state index in [1.165, 1.54) is 31.4 Å². The second-order valence-electron chi connectivity index (χ2n) is 7.17. The van der Waals surface area contributed by atoms with Gasteiger partial charge < -0.3 is 15.2 Å². The van der Waals surface area contributed by atoms with Crippen molar-refractivity contribution in [1.82, 2.24) is 0 Å². The average molecular weight is 477 g/mol. The van der Waals surface area contributed by atoms with E-state index < -0.39 is 16.0 Å². The highest BCUT2D eigenvalue weighted by Crippen LogP contribution is 2.40. The molecule has 0 aliphatic heterocycles. The van der Waals surface area contributed by atoms with Gasteiger partial charge in [0.05, 0.1) is 28.9 Å². The van der Waals surface area contributed by atoms with E-state index in [0.717, 1.165) is 0 Å². The van der Waals surface area contributed by atoms with E-state index in [0.29, 0.717) is 22.2 Å². The lowest BCUT2D eigenvalue weighted by molar-refractivity contribution is 0.102. The highest BCUT2D eigenvalue weighted by Gasteiger charge is 2.19. The van der Waals surface area contributed by atoms with Gasteiger partial charge in [-0.2, -0.15) is 13.5 Å². The number of para-hydroxylation sites is 2. The van der Waals surface area contributed by atoms with Gasteiger partial charge in [-0.25, -0.2) is 0 Å². The van der Waals surface area contributed by atoms with E-state index in [9.17, 15) is 18.3 Å². The van der Waals surface area contributed by atoms with Crippen LogP contribution in [0, 0.1) is 0 Å². The van der Waals surface area contributed by atoms with Crippen molar-refractivity contribution in [3.05, 3.63) is 84.4 Å². The van der Waals surface area contributed by atoms with E-state index in [1.807, 2.05) is 0 Å². The number of rotatable bonds is 6. The fourth-order valence-corrected chi connectivity index (χ4v) is 3.80. The molecule has 0 bridgehead atoms. The van der Waals surface area contributed by atoms with E-state index in [2.05, 4.69) is 15.5 Å². The van der Waals surface area contributed by atoms with Gasteiger partial charge in [-0.05, 0) is 47.9 Å². The first-order valence-electron chi connectivity index (χ1n) is 9.96. The lowest BCUT2D eigenvalue weighted by Crippen LogP contribution is -2.13. The van der Waals surface area contributed by atoms with Gasteiger partial charge in [-0.15, -0.1) is 5.11 Å². The van der Waals surface area contributed by atoms with Crippen LogP contribution in [0.2, 0.25) is 0 Å². The van der Waals surface area contributed by atoms with Gasteiger partial charge in [0.1, 0.15) is 11.4 Å². The normalized spacial score (nSPS) is 11.6. The Bertz CT molecular complexity index is 1520. The maximum absolute atomic E-state index is 13.0. The Morgan fingerprint density at radius 1 is 0.941 bits per heavy atom. The Labute approximate surface area is 195 Å². The number of phenols is 1. The summed E-state index contributed by atoms with van der Waals surface area (Å²) in [4.78, 5) is 12.7. The zero-order chi connectivity index (χ0) is 24.3. The first-order valence-corrected chi connectivity index (χ1v) is 11.4. The SMILES string of the molecule is COc1ccccc1NC(=O)c1cc2ccccc2c(N=Nc2ccc(S(=O)(=O)O)cc2)c1O. The molecule has 0 spiro atoms. The topological polar surface area (TPSA) is 138 Å². The minimum atomic E-state index is -4.33. The molecule has 0 unspecified atom stereocenters. The largest absolute Gasteiger partial charge is 0.505 e. The van der Waals surface area contributed by atoms with Crippen LogP contribution in [-0.2, 0) is 10.1 Å². The number of benzene rings is 4. The predicted molar refractivity (Wildman–Crippen MR) is 127 cm³/mol. The van der Waals surface area contributed by atoms with Gasteiger partial charge in [0.15, 0.2) is 5.75 Å². The molecule has 4 rings (SSSR count). The highest BCUT2D eigenvalue weighted by atomic mass is 32.2. The number of hydrogen-bond donors (Lipinski definition) is 3. The summed E-state index contributed by atoms with van der Waals surface area (Å²) in [5.41, 5.74) is 0.770. The van der Waals surface area contributed by atoms with Crippen LogP contribution in [-0.4, -0.2) is 31.1 Å². The number of fused-ring (bicyclic) bond motifs is 1. The molecule has 34 heavy (non-hydrogen) atoms. The van der Waals surface area contributed by atoms with Gasteiger partial charge >= 0.3 is 0 Å². The fourth-order valence-electron chi connectivity index (χ4n) is 3.32. The third kappa shape index (κ3) is 4.72. The smallest absolute Gasteiger partial charge is 0.294 e. The second-order valence-corrected chi connectivity index (χ2v) is 8.59. The van der Waals surface area contributed by atoms with E-state index in [1.54, 1.807) is 54.6 Å². The van der Waals surface area contributed by atoms with E-state index in [4.69, 9.17) is 9.29 Å². The van der Waals surface area contributed by atoms with Crippen molar-refractivity contribution < 1.29 is 27.6 Å². The molecule has 10 heteroatoms. The molecule has 4 aromatic rings. The van der Waals surface area contributed by atoms with E-state index >= 15 is 0 Å². The quantitative estimate of drug-likeness (QED) is 0.249. The third-order valence-corrected chi connectivity index (χ3v) is 5.86. The first kappa shape index (κ1) is 22.9. The van der Waals surface area contributed by atoms with Gasteiger partial charge in [0.2, 0.25) is 0 Å². The lowest BCUT2D eigenvalue weighted by Gasteiger charge is -2.13. The number of hydrogen-bond acceptors (Lipinski definition) is 7. The molecule has 9 nitrogen and oxygen atoms in total. The molecule has 0 saturated carbocycles. The van der Waals surface area contributed by atoms with Crippen LogP contribution in [0.4, 0.5) is 17.1 Å². The Morgan fingerprint density at radius 2 is 1.62 bits per heavy atom. The van der Waals surface area contributed by atoms with Gasteiger partial charge in [-0.1, -0.05) is 36.4 Å². The number of amides is 1. The summed E-state index contributed by atoms with van der Waals surface area (Å²) in [5.74, 6) is -0.476. The lowest BCUT2D eigenvalue weighted by atomic mass is 10.0. The van der Waals surface area contributed by atoms with Crippen molar-refractivity contribution in [3.8, 4) is 11.5 Å². The van der Waals surface area contributed by atoms with Crippen molar-refractivity contribution >= 4 is 43.9 Å². The standard InChI is InChI=1S/C24H19N3O6S/c1-33-21-9-5-4-8-20(21)25-24(29)19-14-15-6-2-3-7-18(15)22(23(19)28)27-26-16-10-12-17(13-11-16)34(30,31)32/h2-14,28H,1H3,(H,25,29)(H,30,31,32). The number of azo groups is 1. The third-order valence-electron chi connectivity index (χ3n) is 5.00. The molecular formula is C24H19N3O6S. The monoisotopic (exact) mass is 477 g/mol. The number of carbonyl (C=O) groups is 1. The molecule has 0 aliphatic carbocycles. The Balaban J connectivity index is 1.74. The summed E-state index contributed by atoms with van der Waals surface area (Å²) in [5, 5.41) is 23.1. The van der Waals surface area contributed by atoms with Crippen molar-refractivity contribution in [2.45, 2.75) is 4.90 Å². The van der Waals surface area contributed by atoms with Crippen LogP contribution in [0.1, 0.15) is 10.4 Å². The molecule has 4 aromatic carbocycles. The summed E-state index contributed by atoms with van der Waals surface area (Å²) in [7, 11) is -2.85. The second kappa shape index (κ2) is 9.30. The number of methoxy groups -OCH3 is 1. The molecule has 0 saturated heterocycles. The van der Waals surface area contributed by atoms with Crippen molar-refractivity contribution in [2.24, 2.45) is 10.2 Å². The Hall–Kier alpha value is -4.28. The van der Waals surface area contributed by atoms with Crippen molar-refractivity contribution in [3.63, 3.8) is 0 Å². The first-order chi connectivity index (χ1) is 16.3. The zero-order valence-electron chi connectivity index (χ0n) is 17.8. The number of phenolic OH excluding ortho intramolecular Hbond substituents is 1. The Kier molecular flexibility index (Phi) is 6.26. The van der Waals surface area contributed by atoms with Crippen molar-refractivity contribution in [1.29, 1.82) is 0 Å². The number of nitrogens with one attached hydrogen (secondary N) is 1. The molecule has 0 radical (unpaired) electrons. The van der Waals surface area contributed by atoms with Gasteiger partial charge in [-0.3, -0.25) is 9.35 Å². The number of ether oxygens (including phenoxy) is 1. The van der Waals surface area contributed by atoms with Crippen molar-refractivity contribution in [2.75, 3.05) is 12.4 Å². The molecule has 3 N–H and O–H groups in total. The molecule has 0 aliphatic rings.